The maximum atomic E-state index is 13.1. The molecule has 2 aliphatic rings. The molecule has 0 spiro atoms. The number of likely N-dealkylation sites (tertiary alicyclic amines) is 1. The summed E-state index contributed by atoms with van der Waals surface area (Å²) in [7, 11) is 0. The van der Waals surface area contributed by atoms with E-state index < -0.39 is 0 Å². The molecule has 5 rings (SSSR count). The molecule has 2 fully saturated rings. The van der Waals surface area contributed by atoms with E-state index in [9.17, 15) is 9.59 Å². The lowest BCUT2D eigenvalue weighted by molar-refractivity contribution is -0.135. The van der Waals surface area contributed by atoms with Gasteiger partial charge in [-0.05, 0) is 45.2 Å². The van der Waals surface area contributed by atoms with Gasteiger partial charge in [-0.3, -0.25) is 9.59 Å². The molecule has 0 aliphatic carbocycles. The van der Waals surface area contributed by atoms with E-state index in [1.54, 1.807) is 6.33 Å². The molecule has 3 aromatic rings. The summed E-state index contributed by atoms with van der Waals surface area (Å²) in [5.41, 5.74) is 1.41. The van der Waals surface area contributed by atoms with Gasteiger partial charge in [-0.1, -0.05) is 18.2 Å². The number of nitrogens with one attached hydrogen (secondary N) is 1. The van der Waals surface area contributed by atoms with Crippen LogP contribution in [0.5, 0.6) is 5.75 Å². The Bertz CT molecular complexity index is 1290. The molecule has 4 heterocycles. The quantitative estimate of drug-likeness (QED) is 0.344. The molecule has 2 aliphatic heterocycles. The summed E-state index contributed by atoms with van der Waals surface area (Å²) in [6.07, 6.45) is 5.09. The molecule has 2 amide bonds. The van der Waals surface area contributed by atoms with Gasteiger partial charge < -0.3 is 29.3 Å². The highest BCUT2D eigenvalue weighted by atomic mass is 16.5. The van der Waals surface area contributed by atoms with Gasteiger partial charge >= 0.3 is 0 Å². The number of imidazole rings is 1. The fourth-order valence-corrected chi connectivity index (χ4v) is 5.54. The van der Waals surface area contributed by atoms with Gasteiger partial charge in [0.1, 0.15) is 12.4 Å². The lowest BCUT2D eigenvalue weighted by Crippen LogP contribution is -2.45. The van der Waals surface area contributed by atoms with Gasteiger partial charge in [-0.2, -0.15) is 9.97 Å². The number of nitrogens with zero attached hydrogens (tertiary/aromatic N) is 7. The molecule has 11 heteroatoms. The average molecular weight is 549 g/mol. The number of benzene rings is 1. The van der Waals surface area contributed by atoms with E-state index in [1.807, 2.05) is 58.5 Å². The standard InChI is InChI=1S/C29H40N8O3/c1-3-34(4-2)28(39)22-10-8-16-36(20-22)29-32-26(30-14-19-40-23-11-6-5-7-12-23)25-27(33-29)37(21-31-25)18-17-35-15-9-13-24(35)38/h5-7,11-12,21-22H,3-4,8-10,13-20H2,1-2H3,(H,30,32,33). The fourth-order valence-electron chi connectivity index (χ4n) is 5.54. The average Bonchev–Trinajstić information content (AvgIpc) is 3.60. The van der Waals surface area contributed by atoms with Crippen LogP contribution in [-0.2, 0) is 16.1 Å². The van der Waals surface area contributed by atoms with E-state index in [4.69, 9.17) is 14.7 Å². The molecule has 1 N–H and O–H groups in total. The second-order valence-corrected chi connectivity index (χ2v) is 10.4. The summed E-state index contributed by atoms with van der Waals surface area (Å²) in [4.78, 5) is 45.7. The second-order valence-electron chi connectivity index (χ2n) is 10.4. The molecule has 0 radical (unpaired) electrons. The molecule has 1 aromatic carbocycles. The first-order valence-corrected chi connectivity index (χ1v) is 14.5. The number of hydrogen-bond acceptors (Lipinski definition) is 8. The predicted molar refractivity (Wildman–Crippen MR) is 154 cm³/mol. The summed E-state index contributed by atoms with van der Waals surface area (Å²) >= 11 is 0. The van der Waals surface area contributed by atoms with Gasteiger partial charge in [0, 0.05) is 52.2 Å². The molecule has 0 bridgehead atoms. The Hall–Kier alpha value is -3.89. The molecule has 1 atom stereocenters. The first kappa shape index (κ1) is 27.7. The zero-order valence-corrected chi connectivity index (χ0v) is 23.6. The van der Waals surface area contributed by atoms with E-state index in [0.717, 1.165) is 43.7 Å². The number of rotatable bonds is 12. The highest BCUT2D eigenvalue weighted by Gasteiger charge is 2.30. The molecule has 40 heavy (non-hydrogen) atoms. The van der Waals surface area contributed by atoms with Crippen molar-refractivity contribution in [1.29, 1.82) is 0 Å². The van der Waals surface area contributed by atoms with Crippen LogP contribution in [0, 0.1) is 5.92 Å². The lowest BCUT2D eigenvalue weighted by atomic mass is 9.96. The van der Waals surface area contributed by atoms with Crippen LogP contribution in [0.15, 0.2) is 36.7 Å². The molecule has 214 valence electrons. The van der Waals surface area contributed by atoms with E-state index >= 15 is 0 Å². The largest absolute Gasteiger partial charge is 0.492 e. The number of anilines is 2. The van der Waals surface area contributed by atoms with Crippen LogP contribution in [0.3, 0.4) is 0 Å². The molecule has 2 saturated heterocycles. The zero-order chi connectivity index (χ0) is 27.9. The van der Waals surface area contributed by atoms with Crippen molar-refractivity contribution in [3.05, 3.63) is 36.7 Å². The van der Waals surface area contributed by atoms with Gasteiger partial charge in [0.05, 0.1) is 18.8 Å². The SMILES string of the molecule is CCN(CC)C(=O)C1CCCN(c2nc(NCCOc3ccccc3)c3ncn(CCN4CCCC4=O)c3n2)C1. The minimum absolute atomic E-state index is 0.0743. The third-order valence-electron chi connectivity index (χ3n) is 7.77. The van der Waals surface area contributed by atoms with Crippen molar-refractivity contribution in [1.82, 2.24) is 29.3 Å². The highest BCUT2D eigenvalue weighted by Crippen LogP contribution is 2.27. The lowest BCUT2D eigenvalue weighted by Gasteiger charge is -2.34. The molecular formula is C29H40N8O3. The van der Waals surface area contributed by atoms with Gasteiger partial charge in [-0.25, -0.2) is 4.98 Å². The summed E-state index contributed by atoms with van der Waals surface area (Å²) in [6, 6.07) is 9.71. The Morgan fingerprint density at radius 2 is 1.93 bits per heavy atom. The number of ether oxygens (including phenoxy) is 1. The number of para-hydroxylation sites is 1. The van der Waals surface area contributed by atoms with Gasteiger partial charge in [0.2, 0.25) is 17.8 Å². The van der Waals surface area contributed by atoms with Crippen LogP contribution < -0.4 is 15.0 Å². The first-order valence-electron chi connectivity index (χ1n) is 14.5. The molecule has 11 nitrogen and oxygen atoms in total. The van der Waals surface area contributed by atoms with E-state index in [-0.39, 0.29) is 17.7 Å². The number of carbonyl (C=O) groups excluding carboxylic acids is 2. The maximum Gasteiger partial charge on any atom is 0.229 e. The van der Waals surface area contributed by atoms with Gasteiger partial charge in [0.15, 0.2) is 17.0 Å². The summed E-state index contributed by atoms with van der Waals surface area (Å²) in [6.45, 7) is 9.90. The topological polar surface area (TPSA) is 109 Å². The van der Waals surface area contributed by atoms with Crippen molar-refractivity contribution in [2.75, 3.05) is 62.6 Å². The Morgan fingerprint density at radius 1 is 1.10 bits per heavy atom. The first-order chi connectivity index (χ1) is 19.6. The van der Waals surface area contributed by atoms with Crippen molar-refractivity contribution < 1.29 is 14.3 Å². The van der Waals surface area contributed by atoms with E-state index in [2.05, 4.69) is 15.2 Å². The maximum absolute atomic E-state index is 13.1. The van der Waals surface area contributed by atoms with Crippen LogP contribution in [0.4, 0.5) is 11.8 Å². The van der Waals surface area contributed by atoms with Crippen LogP contribution in [0.2, 0.25) is 0 Å². The van der Waals surface area contributed by atoms with Crippen molar-refractivity contribution in [3.8, 4) is 5.75 Å². The number of amides is 2. The zero-order valence-electron chi connectivity index (χ0n) is 23.6. The Kier molecular flexibility index (Phi) is 8.98. The molecule has 1 unspecified atom stereocenters. The molecule has 2 aromatic heterocycles. The highest BCUT2D eigenvalue weighted by molar-refractivity contribution is 5.85. The van der Waals surface area contributed by atoms with Crippen LogP contribution >= 0.6 is 0 Å². The Labute approximate surface area is 235 Å². The van der Waals surface area contributed by atoms with Crippen LogP contribution in [0.1, 0.15) is 39.5 Å². The van der Waals surface area contributed by atoms with Crippen LogP contribution in [0.25, 0.3) is 11.2 Å². The number of hydrogen-bond donors (Lipinski definition) is 1. The van der Waals surface area contributed by atoms with Gasteiger partial charge in [0.25, 0.3) is 0 Å². The normalized spacial score (nSPS) is 17.4. The number of fused-ring (bicyclic) bond motifs is 1. The van der Waals surface area contributed by atoms with Gasteiger partial charge in [-0.15, -0.1) is 0 Å². The monoisotopic (exact) mass is 548 g/mol. The van der Waals surface area contributed by atoms with E-state index in [1.165, 1.54) is 0 Å². The Balaban J connectivity index is 1.36. The second kappa shape index (κ2) is 13.0. The predicted octanol–water partition coefficient (Wildman–Crippen LogP) is 3.02. The van der Waals surface area contributed by atoms with Crippen molar-refractivity contribution >= 4 is 34.7 Å². The van der Waals surface area contributed by atoms with Crippen molar-refractivity contribution in [2.24, 2.45) is 5.92 Å². The summed E-state index contributed by atoms with van der Waals surface area (Å²) in [5, 5.41) is 3.41. The fraction of sp³-hybridized carbons (Fsp3) is 0.552. The third-order valence-corrected chi connectivity index (χ3v) is 7.77. The number of piperidine rings is 1. The van der Waals surface area contributed by atoms with E-state index in [0.29, 0.717) is 69.6 Å². The minimum atomic E-state index is -0.0743. The number of carbonyl (C=O) groups is 2. The van der Waals surface area contributed by atoms with Crippen molar-refractivity contribution in [2.45, 2.75) is 46.1 Å². The molecular weight excluding hydrogens is 508 g/mol. The number of aromatic nitrogens is 4. The smallest absolute Gasteiger partial charge is 0.229 e. The van der Waals surface area contributed by atoms with Crippen molar-refractivity contribution in [3.63, 3.8) is 0 Å². The van der Waals surface area contributed by atoms with Crippen LogP contribution in [-0.4, -0.2) is 93.6 Å². The molecule has 0 saturated carbocycles. The summed E-state index contributed by atoms with van der Waals surface area (Å²) in [5.74, 6) is 2.38. The minimum Gasteiger partial charge on any atom is -0.492 e. The Morgan fingerprint density at radius 3 is 2.67 bits per heavy atom. The third kappa shape index (κ3) is 6.29. The summed E-state index contributed by atoms with van der Waals surface area (Å²) < 4.78 is 7.86.